The van der Waals surface area contributed by atoms with Crippen LogP contribution < -0.4 is 0 Å². The first kappa shape index (κ1) is 15.4. The summed E-state index contributed by atoms with van der Waals surface area (Å²) in [5, 5.41) is 0. The molecular formula is C8H18NaO2S. The van der Waals surface area contributed by atoms with Crippen molar-refractivity contribution in [2.24, 2.45) is 0 Å². The third-order valence-electron chi connectivity index (χ3n) is 1.62. The summed E-state index contributed by atoms with van der Waals surface area (Å²) < 4.78 is 22.3. The van der Waals surface area contributed by atoms with Crippen LogP contribution in [-0.4, -0.2) is 49.5 Å². The minimum Gasteiger partial charge on any atom is -0.229 e. The fourth-order valence-electron chi connectivity index (χ4n) is 0.831. The number of hydrogen-bond donors (Lipinski definition) is 0. The minimum atomic E-state index is -2.71. The number of hydrogen-bond acceptors (Lipinski definition) is 2. The zero-order valence-corrected chi connectivity index (χ0v) is 11.3. The van der Waals surface area contributed by atoms with Crippen LogP contribution in [0.4, 0.5) is 0 Å². The van der Waals surface area contributed by atoms with E-state index >= 15 is 0 Å². The molecule has 0 aromatic carbocycles. The van der Waals surface area contributed by atoms with Crippen molar-refractivity contribution in [1.82, 2.24) is 0 Å². The molecule has 12 heavy (non-hydrogen) atoms. The van der Waals surface area contributed by atoms with Crippen molar-refractivity contribution in [3.63, 3.8) is 0 Å². The van der Waals surface area contributed by atoms with Crippen LogP contribution in [0, 0.1) is 0 Å². The Labute approximate surface area is 98.3 Å². The molecule has 1 radical (unpaired) electrons. The number of rotatable bonds is 6. The van der Waals surface area contributed by atoms with Crippen molar-refractivity contribution in [2.45, 2.75) is 39.5 Å². The van der Waals surface area contributed by atoms with Gasteiger partial charge >= 0.3 is 0 Å². The fraction of sp³-hybridized carbons (Fsp3) is 1.00. The van der Waals surface area contributed by atoms with Crippen molar-refractivity contribution in [3.05, 3.63) is 0 Å². The second-order valence-electron chi connectivity index (χ2n) is 2.86. The van der Waals surface area contributed by atoms with Gasteiger partial charge in [0.25, 0.3) is 0 Å². The van der Waals surface area contributed by atoms with Crippen LogP contribution in [0.1, 0.15) is 39.5 Å². The van der Waals surface area contributed by atoms with Crippen molar-refractivity contribution < 1.29 is 8.42 Å². The smallest absolute Gasteiger partial charge is 0.150 e. The van der Waals surface area contributed by atoms with Gasteiger partial charge in [-0.1, -0.05) is 26.7 Å². The Bertz CT molecular complexity index is 161. The maximum Gasteiger partial charge on any atom is 0.150 e. The van der Waals surface area contributed by atoms with Gasteiger partial charge in [-0.25, -0.2) is 8.42 Å². The Hall–Kier alpha value is 0.950. The molecule has 0 atom stereocenters. The molecule has 0 aliphatic heterocycles. The standard InChI is InChI=1S/C8H18O2S.Na/c1-3-5-7-11(9,10)8-6-4-2;/h3-8H2,1-2H3;. The second-order valence-corrected chi connectivity index (χ2v) is 5.16. The van der Waals surface area contributed by atoms with Gasteiger partial charge in [0.05, 0.1) is 11.5 Å². The normalized spacial score (nSPS) is 10.8. The van der Waals surface area contributed by atoms with E-state index in [0.717, 1.165) is 25.7 Å². The number of unbranched alkanes of at least 4 members (excludes halogenated alkanes) is 2. The van der Waals surface area contributed by atoms with E-state index in [-0.39, 0.29) is 29.6 Å². The average molecular weight is 201 g/mol. The Morgan fingerprint density at radius 1 is 0.917 bits per heavy atom. The van der Waals surface area contributed by atoms with Crippen LogP contribution in [0.25, 0.3) is 0 Å². The molecule has 0 heterocycles. The summed E-state index contributed by atoms with van der Waals surface area (Å²) >= 11 is 0. The maximum absolute atomic E-state index is 11.1. The van der Waals surface area contributed by atoms with Crippen molar-refractivity contribution in [1.29, 1.82) is 0 Å². The van der Waals surface area contributed by atoms with E-state index < -0.39 is 9.84 Å². The van der Waals surface area contributed by atoms with Gasteiger partial charge in [0, 0.05) is 29.6 Å². The molecule has 0 saturated carbocycles. The molecular weight excluding hydrogens is 183 g/mol. The van der Waals surface area contributed by atoms with Crippen LogP contribution in [0.2, 0.25) is 0 Å². The molecule has 4 heteroatoms. The first-order valence-corrected chi connectivity index (χ1v) is 6.15. The van der Waals surface area contributed by atoms with E-state index in [1.165, 1.54) is 0 Å². The van der Waals surface area contributed by atoms with Gasteiger partial charge in [0.2, 0.25) is 0 Å². The van der Waals surface area contributed by atoms with Gasteiger partial charge in [-0.2, -0.15) is 0 Å². The van der Waals surface area contributed by atoms with Crippen LogP contribution >= 0.6 is 0 Å². The first-order valence-electron chi connectivity index (χ1n) is 4.32. The summed E-state index contributed by atoms with van der Waals surface area (Å²) in [5.41, 5.74) is 0. The van der Waals surface area contributed by atoms with Crippen LogP contribution in [0.5, 0.6) is 0 Å². The van der Waals surface area contributed by atoms with Crippen molar-refractivity contribution in [3.8, 4) is 0 Å². The molecule has 0 aromatic rings. The molecule has 0 aliphatic rings. The zero-order chi connectivity index (χ0) is 8.74. The molecule has 0 fully saturated rings. The zero-order valence-electron chi connectivity index (χ0n) is 8.47. The molecule has 0 saturated heterocycles. The molecule has 69 valence electrons. The largest absolute Gasteiger partial charge is 0.229 e. The van der Waals surface area contributed by atoms with Gasteiger partial charge in [-0.3, -0.25) is 0 Å². The third-order valence-corrected chi connectivity index (χ3v) is 3.44. The van der Waals surface area contributed by atoms with Crippen LogP contribution in [0.15, 0.2) is 0 Å². The first-order chi connectivity index (χ1) is 5.12. The van der Waals surface area contributed by atoms with Crippen molar-refractivity contribution in [2.75, 3.05) is 11.5 Å². The molecule has 0 amide bonds. The molecule has 0 unspecified atom stereocenters. The number of sulfone groups is 1. The predicted molar refractivity (Wildman–Crippen MR) is 54.2 cm³/mol. The van der Waals surface area contributed by atoms with E-state index in [1.807, 2.05) is 13.8 Å². The summed E-state index contributed by atoms with van der Waals surface area (Å²) in [6, 6.07) is 0. The second kappa shape index (κ2) is 8.54. The van der Waals surface area contributed by atoms with Gasteiger partial charge in [0.1, 0.15) is 9.84 Å². The third kappa shape index (κ3) is 9.04. The summed E-state index contributed by atoms with van der Waals surface area (Å²) in [4.78, 5) is 0. The van der Waals surface area contributed by atoms with E-state index in [4.69, 9.17) is 0 Å². The van der Waals surface area contributed by atoms with E-state index in [1.54, 1.807) is 0 Å². The topological polar surface area (TPSA) is 34.1 Å². The summed E-state index contributed by atoms with van der Waals surface area (Å²) in [6.45, 7) is 4.02. The van der Waals surface area contributed by atoms with Gasteiger partial charge in [-0.15, -0.1) is 0 Å². The Kier molecular flexibility index (Phi) is 11.0. The van der Waals surface area contributed by atoms with E-state index in [9.17, 15) is 8.42 Å². The molecule has 0 aliphatic carbocycles. The Morgan fingerprint density at radius 3 is 1.50 bits per heavy atom. The predicted octanol–water partition coefficient (Wildman–Crippen LogP) is 1.62. The average Bonchev–Trinajstić information content (AvgIpc) is 1.97. The summed E-state index contributed by atoms with van der Waals surface area (Å²) in [7, 11) is -2.71. The van der Waals surface area contributed by atoms with Gasteiger partial charge in [0.15, 0.2) is 0 Å². The Balaban J connectivity index is 0. The minimum absolute atomic E-state index is 0. The fourth-order valence-corrected chi connectivity index (χ4v) is 2.49. The van der Waals surface area contributed by atoms with Gasteiger partial charge < -0.3 is 0 Å². The SMILES string of the molecule is CCCCS(=O)(=O)CCCC.[Na]. The molecule has 0 spiro atoms. The monoisotopic (exact) mass is 201 g/mol. The molecule has 0 bridgehead atoms. The summed E-state index contributed by atoms with van der Waals surface area (Å²) in [5.74, 6) is 0.757. The van der Waals surface area contributed by atoms with Crippen LogP contribution in [-0.2, 0) is 9.84 Å². The molecule has 0 rings (SSSR count). The molecule has 2 nitrogen and oxygen atoms in total. The van der Waals surface area contributed by atoms with Crippen molar-refractivity contribution >= 4 is 39.4 Å². The maximum atomic E-state index is 11.1. The quantitative estimate of drug-likeness (QED) is 0.612. The van der Waals surface area contributed by atoms with Gasteiger partial charge in [-0.05, 0) is 12.8 Å². The van der Waals surface area contributed by atoms with E-state index in [2.05, 4.69) is 0 Å². The van der Waals surface area contributed by atoms with E-state index in [0.29, 0.717) is 11.5 Å². The van der Waals surface area contributed by atoms with Crippen LogP contribution in [0.3, 0.4) is 0 Å². The Morgan fingerprint density at radius 2 is 1.25 bits per heavy atom. The molecule has 0 aromatic heterocycles. The summed E-state index contributed by atoms with van der Waals surface area (Å²) in [6.07, 6.45) is 3.55. The molecule has 0 N–H and O–H groups in total.